The van der Waals surface area contributed by atoms with E-state index in [0.717, 1.165) is 0 Å². The third kappa shape index (κ3) is 5.59. The van der Waals surface area contributed by atoms with Crippen LogP contribution in [0.3, 0.4) is 0 Å². The van der Waals surface area contributed by atoms with E-state index in [1.54, 1.807) is 14.1 Å². The molecule has 0 aromatic carbocycles. The first kappa shape index (κ1) is 8.72. The fraction of sp³-hybridized carbons (Fsp3) is 1.00. The normalized spacial score (nSPS) is 14.3. The quantitative estimate of drug-likeness (QED) is 0.239. The molecule has 0 aromatic rings. The molecule has 9 heavy (non-hydrogen) atoms. The highest BCUT2D eigenvalue weighted by Crippen LogP contribution is 1.55. The van der Waals surface area contributed by atoms with Gasteiger partial charge in [0.2, 0.25) is 0 Å². The van der Waals surface area contributed by atoms with Crippen molar-refractivity contribution in [2.45, 2.75) is 0 Å². The Morgan fingerprint density at radius 1 is 1.78 bits per heavy atom. The van der Waals surface area contributed by atoms with Gasteiger partial charge in [-0.3, -0.25) is 0 Å². The maximum atomic E-state index is 9.90. The van der Waals surface area contributed by atoms with E-state index in [9.17, 15) is 5.21 Å². The zero-order valence-electron chi connectivity index (χ0n) is 5.34. The Morgan fingerprint density at radius 3 is 2.67 bits per heavy atom. The Hall–Kier alpha value is -0.280. The average Bonchev–Trinajstić information content (AvgIpc) is 1.83. The molecule has 0 aliphatic carbocycles. The van der Waals surface area contributed by atoms with Crippen molar-refractivity contribution >= 4 is 0 Å². The van der Waals surface area contributed by atoms with Crippen LogP contribution in [0, 0.1) is 5.21 Å². The molecule has 0 aromatic heterocycles. The van der Waals surface area contributed by atoms with Gasteiger partial charge < -0.3 is 5.21 Å². The summed E-state index contributed by atoms with van der Waals surface area (Å²) in [4.78, 5) is 4.15. The second kappa shape index (κ2) is 4.58. The first-order chi connectivity index (χ1) is 4.16. The summed E-state index contributed by atoms with van der Waals surface area (Å²) in [6.07, 6.45) is 0. The van der Waals surface area contributed by atoms with E-state index < -0.39 is 5.34 Å². The van der Waals surface area contributed by atoms with E-state index in [-0.39, 0.29) is 0 Å². The predicted molar refractivity (Wildman–Crippen MR) is 29.6 cm³/mol. The van der Waals surface area contributed by atoms with Gasteiger partial charge in [-0.1, -0.05) is 10.5 Å². The second-order valence-electron chi connectivity index (χ2n) is 1.30. The molecule has 1 unspecified atom stereocenters. The fourth-order valence-corrected chi connectivity index (χ4v) is 0.159. The number of hydrogen-bond donors (Lipinski definition) is 4. The Kier molecular flexibility index (Phi) is 4.44. The van der Waals surface area contributed by atoms with Crippen molar-refractivity contribution in [2.24, 2.45) is 5.84 Å². The first-order valence-electron chi connectivity index (χ1n) is 2.30. The molecule has 7 nitrogen and oxygen atoms in total. The van der Waals surface area contributed by atoms with Crippen LogP contribution in [-0.2, 0) is 4.94 Å². The molecule has 0 saturated heterocycles. The van der Waals surface area contributed by atoms with Gasteiger partial charge in [-0.15, -0.1) is 11.2 Å². The zero-order valence-corrected chi connectivity index (χ0v) is 5.34. The molecule has 5 N–H and O–H groups in total. The summed E-state index contributed by atoms with van der Waals surface area (Å²) in [7, 11) is 3.26. The summed E-state index contributed by atoms with van der Waals surface area (Å²) < 4.78 is 0. The van der Waals surface area contributed by atoms with Crippen molar-refractivity contribution in [1.82, 2.24) is 16.1 Å². The van der Waals surface area contributed by atoms with Gasteiger partial charge >= 0.3 is 0 Å². The summed E-state index contributed by atoms with van der Waals surface area (Å²) in [5, 5.41) is 10.3. The SMILES string of the molecule is CNN(C)NO[NH+](N)[O-]. The van der Waals surface area contributed by atoms with Gasteiger partial charge in [-0.2, -0.15) is 5.12 Å². The Bertz CT molecular complexity index is 68.0. The Morgan fingerprint density at radius 2 is 2.33 bits per heavy atom. The number of rotatable bonds is 4. The lowest BCUT2D eigenvalue weighted by atomic mass is 11.3. The molecule has 0 spiro atoms. The van der Waals surface area contributed by atoms with Crippen LogP contribution in [0.5, 0.6) is 0 Å². The highest BCUT2D eigenvalue weighted by atomic mass is 17.0. The van der Waals surface area contributed by atoms with Crippen LogP contribution in [-0.4, -0.2) is 19.2 Å². The number of hydrazine groups is 2. The maximum Gasteiger partial charge on any atom is 0.0199 e. The third-order valence-electron chi connectivity index (χ3n) is 0.619. The summed E-state index contributed by atoms with van der Waals surface area (Å²) in [5.41, 5.74) is 4.79. The van der Waals surface area contributed by atoms with Crippen molar-refractivity contribution < 1.29 is 10.3 Å². The van der Waals surface area contributed by atoms with Crippen molar-refractivity contribution in [1.29, 1.82) is 0 Å². The van der Waals surface area contributed by atoms with Crippen LogP contribution in [0.25, 0.3) is 0 Å². The van der Waals surface area contributed by atoms with Crippen molar-refractivity contribution in [3.63, 3.8) is 0 Å². The third-order valence-corrected chi connectivity index (χ3v) is 0.619. The standard InChI is InChI=1S/C2H11N5O2/c1-4-6(2)5-9-7(3)8/h4-5,7H,3H2,1-2H3. The van der Waals surface area contributed by atoms with E-state index in [1.807, 2.05) is 0 Å². The Labute approximate surface area is 52.7 Å². The van der Waals surface area contributed by atoms with Crippen LogP contribution >= 0.6 is 0 Å². The summed E-state index contributed by atoms with van der Waals surface area (Å²) >= 11 is 0. The van der Waals surface area contributed by atoms with Crippen LogP contribution in [0.4, 0.5) is 0 Å². The monoisotopic (exact) mass is 137 g/mol. The van der Waals surface area contributed by atoms with Gasteiger partial charge in [0.15, 0.2) is 0 Å². The number of nitrogens with one attached hydrogen (secondary N) is 3. The minimum Gasteiger partial charge on any atom is -0.578 e. The van der Waals surface area contributed by atoms with E-state index in [2.05, 4.69) is 21.8 Å². The smallest absolute Gasteiger partial charge is 0.0199 e. The van der Waals surface area contributed by atoms with Crippen molar-refractivity contribution in [3.05, 3.63) is 5.21 Å². The van der Waals surface area contributed by atoms with E-state index in [4.69, 9.17) is 0 Å². The van der Waals surface area contributed by atoms with Crippen molar-refractivity contribution in [2.75, 3.05) is 14.1 Å². The minimum atomic E-state index is -0.878. The fourth-order valence-electron chi connectivity index (χ4n) is 0.159. The molecule has 7 heteroatoms. The highest BCUT2D eigenvalue weighted by molar-refractivity contribution is 4.10. The highest BCUT2D eigenvalue weighted by Gasteiger charge is 1.92. The molecular weight excluding hydrogens is 126 g/mol. The summed E-state index contributed by atoms with van der Waals surface area (Å²) in [6, 6.07) is 0. The van der Waals surface area contributed by atoms with E-state index in [1.165, 1.54) is 5.12 Å². The van der Waals surface area contributed by atoms with Gasteiger partial charge in [0.1, 0.15) is 0 Å². The van der Waals surface area contributed by atoms with Crippen molar-refractivity contribution in [3.8, 4) is 0 Å². The number of hydrogen-bond acceptors (Lipinski definition) is 6. The van der Waals surface area contributed by atoms with Gasteiger partial charge in [0.05, 0.1) is 0 Å². The lowest BCUT2D eigenvalue weighted by Crippen LogP contribution is -3.13. The molecule has 0 radical (unpaired) electrons. The first-order valence-corrected chi connectivity index (χ1v) is 2.30. The van der Waals surface area contributed by atoms with Crippen LogP contribution in [0.2, 0.25) is 0 Å². The largest absolute Gasteiger partial charge is 0.578 e. The molecule has 56 valence electrons. The lowest BCUT2D eigenvalue weighted by Gasteiger charge is -2.17. The number of nitrogens with zero attached hydrogens (tertiary/aromatic N) is 1. The Balaban J connectivity index is 3.06. The van der Waals surface area contributed by atoms with Gasteiger partial charge in [-0.05, 0) is 0 Å². The zero-order chi connectivity index (χ0) is 7.28. The molecule has 0 saturated carbocycles. The van der Waals surface area contributed by atoms with E-state index >= 15 is 0 Å². The molecule has 0 bridgehead atoms. The van der Waals surface area contributed by atoms with Gasteiger partial charge in [-0.25, -0.2) is 5.43 Å². The molecule has 0 rings (SSSR count). The number of nitrogens with two attached hydrogens (primary N) is 1. The van der Waals surface area contributed by atoms with Crippen LogP contribution in [0.1, 0.15) is 0 Å². The summed E-state index contributed by atoms with van der Waals surface area (Å²) in [6.45, 7) is 0. The van der Waals surface area contributed by atoms with Gasteiger partial charge in [0, 0.05) is 14.1 Å². The maximum absolute atomic E-state index is 9.90. The van der Waals surface area contributed by atoms with Crippen LogP contribution < -0.4 is 22.2 Å². The second-order valence-corrected chi connectivity index (χ2v) is 1.30. The predicted octanol–water partition coefficient (Wildman–Crippen LogP) is -3.34. The molecule has 0 fully saturated rings. The average molecular weight is 137 g/mol. The molecule has 0 heterocycles. The molecule has 0 amide bonds. The lowest BCUT2D eigenvalue weighted by molar-refractivity contribution is -1.08. The van der Waals surface area contributed by atoms with Gasteiger partial charge in [0.25, 0.3) is 0 Å². The molecule has 1 atom stereocenters. The van der Waals surface area contributed by atoms with Crippen LogP contribution in [0.15, 0.2) is 0 Å². The molecule has 0 aliphatic heterocycles. The number of quaternary nitrogens is 1. The summed E-state index contributed by atoms with van der Waals surface area (Å²) in [5.74, 6) is 4.62. The minimum absolute atomic E-state index is 0.878. The molecular formula is C2H11N5O2. The topological polar surface area (TPSA) is 90.0 Å². The molecule has 0 aliphatic rings. The van der Waals surface area contributed by atoms with E-state index in [0.29, 0.717) is 0 Å².